The van der Waals surface area contributed by atoms with Gasteiger partial charge in [-0.2, -0.15) is 5.10 Å². The third kappa shape index (κ3) is 2.89. The molecule has 8 heteroatoms. The molecule has 2 aromatic heterocycles. The van der Waals surface area contributed by atoms with Gasteiger partial charge < -0.3 is 11.5 Å². The summed E-state index contributed by atoms with van der Waals surface area (Å²) in [5, 5.41) is 4.71. The predicted molar refractivity (Wildman–Crippen MR) is 70.8 cm³/mol. The van der Waals surface area contributed by atoms with Gasteiger partial charge in [-0.3, -0.25) is 0 Å². The maximum Gasteiger partial charge on any atom is 0.191 e. The van der Waals surface area contributed by atoms with Crippen molar-refractivity contribution in [1.82, 2.24) is 24.7 Å². The van der Waals surface area contributed by atoms with Gasteiger partial charge >= 0.3 is 0 Å². The molecule has 0 atom stereocenters. The Morgan fingerprint density at radius 1 is 1.28 bits per heavy atom. The average Bonchev–Trinajstić information content (AvgIpc) is 2.73. The minimum Gasteiger partial charge on any atom is -0.383 e. The van der Waals surface area contributed by atoms with E-state index < -0.39 is 0 Å². The summed E-state index contributed by atoms with van der Waals surface area (Å²) in [6.45, 7) is 4.11. The number of hydrogen-bond donors (Lipinski definition) is 2. The lowest BCUT2D eigenvalue weighted by atomic mass is 10.4. The standard InChI is InChI=1S/C10H15N7S/c1-6(2)17-9(13-5-14-17)4-18-10-15-7(11)3-8(12)16-10/h3,5-6H,4H2,1-2H3,(H4,11,12,15,16). The second-order valence-electron chi connectivity index (χ2n) is 4.00. The van der Waals surface area contributed by atoms with Crippen molar-refractivity contribution in [3.63, 3.8) is 0 Å². The summed E-state index contributed by atoms with van der Waals surface area (Å²) < 4.78 is 1.86. The second-order valence-corrected chi connectivity index (χ2v) is 4.95. The fourth-order valence-corrected chi connectivity index (χ4v) is 2.27. The van der Waals surface area contributed by atoms with Crippen LogP contribution in [0.2, 0.25) is 0 Å². The lowest BCUT2D eigenvalue weighted by Gasteiger charge is -2.08. The molecule has 2 heterocycles. The molecule has 96 valence electrons. The summed E-state index contributed by atoms with van der Waals surface area (Å²) in [6, 6.07) is 1.80. The van der Waals surface area contributed by atoms with E-state index in [0.717, 1.165) is 5.82 Å². The molecular formula is C10H15N7S. The van der Waals surface area contributed by atoms with Crippen LogP contribution in [0.25, 0.3) is 0 Å². The van der Waals surface area contributed by atoms with Crippen LogP contribution in [-0.4, -0.2) is 24.7 Å². The van der Waals surface area contributed by atoms with Gasteiger partial charge in [-0.05, 0) is 13.8 Å². The van der Waals surface area contributed by atoms with E-state index in [-0.39, 0.29) is 6.04 Å². The van der Waals surface area contributed by atoms with Crippen LogP contribution in [0.3, 0.4) is 0 Å². The first kappa shape index (κ1) is 12.6. The van der Waals surface area contributed by atoms with E-state index in [1.54, 1.807) is 6.33 Å². The van der Waals surface area contributed by atoms with E-state index in [2.05, 4.69) is 33.9 Å². The molecule has 2 aromatic rings. The fraction of sp³-hybridized carbons (Fsp3) is 0.400. The monoisotopic (exact) mass is 265 g/mol. The summed E-state index contributed by atoms with van der Waals surface area (Å²) in [7, 11) is 0. The number of aromatic nitrogens is 5. The van der Waals surface area contributed by atoms with Crippen LogP contribution in [0.1, 0.15) is 25.7 Å². The van der Waals surface area contributed by atoms with Gasteiger partial charge in [-0.25, -0.2) is 19.6 Å². The van der Waals surface area contributed by atoms with Gasteiger partial charge in [-0.15, -0.1) is 0 Å². The van der Waals surface area contributed by atoms with Crippen molar-refractivity contribution in [2.24, 2.45) is 0 Å². The van der Waals surface area contributed by atoms with Crippen molar-refractivity contribution in [3.8, 4) is 0 Å². The summed E-state index contributed by atoms with van der Waals surface area (Å²) >= 11 is 1.43. The van der Waals surface area contributed by atoms with Gasteiger partial charge in [0.15, 0.2) is 5.16 Å². The van der Waals surface area contributed by atoms with Crippen molar-refractivity contribution in [2.75, 3.05) is 11.5 Å². The van der Waals surface area contributed by atoms with E-state index in [9.17, 15) is 0 Å². The summed E-state index contributed by atoms with van der Waals surface area (Å²) in [5.41, 5.74) is 11.2. The van der Waals surface area contributed by atoms with Crippen LogP contribution < -0.4 is 11.5 Å². The Kier molecular flexibility index (Phi) is 3.66. The highest BCUT2D eigenvalue weighted by molar-refractivity contribution is 7.98. The van der Waals surface area contributed by atoms with Crippen LogP contribution in [0, 0.1) is 0 Å². The first-order chi connectivity index (χ1) is 8.56. The lowest BCUT2D eigenvalue weighted by molar-refractivity contribution is 0.514. The molecule has 0 aliphatic heterocycles. The lowest BCUT2D eigenvalue weighted by Crippen LogP contribution is -2.07. The van der Waals surface area contributed by atoms with E-state index in [4.69, 9.17) is 11.5 Å². The van der Waals surface area contributed by atoms with Crippen LogP contribution in [-0.2, 0) is 5.75 Å². The number of rotatable bonds is 4. The van der Waals surface area contributed by atoms with Crippen molar-refractivity contribution >= 4 is 23.4 Å². The zero-order chi connectivity index (χ0) is 13.1. The Balaban J connectivity index is 2.09. The summed E-state index contributed by atoms with van der Waals surface area (Å²) in [4.78, 5) is 12.4. The normalized spacial score (nSPS) is 11.1. The predicted octanol–water partition coefficient (Wildman–Crippen LogP) is 1.11. The third-order valence-corrected chi connectivity index (χ3v) is 3.06. The van der Waals surface area contributed by atoms with Gasteiger partial charge in [0.05, 0.1) is 5.75 Å². The number of nitrogens with zero attached hydrogens (tertiary/aromatic N) is 5. The SMILES string of the molecule is CC(C)n1ncnc1CSc1nc(N)cc(N)n1. The number of thioether (sulfide) groups is 1. The number of hydrogen-bond acceptors (Lipinski definition) is 7. The molecule has 0 spiro atoms. The maximum atomic E-state index is 5.61. The van der Waals surface area contributed by atoms with Crippen molar-refractivity contribution in [1.29, 1.82) is 0 Å². The molecule has 0 unspecified atom stereocenters. The second kappa shape index (κ2) is 5.21. The zero-order valence-electron chi connectivity index (χ0n) is 10.2. The molecule has 0 amide bonds. The largest absolute Gasteiger partial charge is 0.383 e. The molecule has 18 heavy (non-hydrogen) atoms. The highest BCUT2D eigenvalue weighted by Crippen LogP contribution is 2.21. The first-order valence-corrected chi connectivity index (χ1v) is 6.46. The minimum absolute atomic E-state index is 0.273. The molecule has 0 fully saturated rings. The van der Waals surface area contributed by atoms with E-state index >= 15 is 0 Å². The number of anilines is 2. The molecule has 0 saturated heterocycles. The van der Waals surface area contributed by atoms with Gasteiger partial charge in [0.25, 0.3) is 0 Å². The summed E-state index contributed by atoms with van der Waals surface area (Å²) in [5.74, 6) is 2.24. The molecule has 0 bridgehead atoms. The molecule has 0 saturated carbocycles. The maximum absolute atomic E-state index is 5.61. The van der Waals surface area contributed by atoms with Gasteiger partial charge in [0.2, 0.25) is 0 Å². The molecule has 0 radical (unpaired) electrons. The third-order valence-electron chi connectivity index (χ3n) is 2.21. The van der Waals surface area contributed by atoms with Crippen molar-refractivity contribution < 1.29 is 0 Å². The van der Waals surface area contributed by atoms with Crippen LogP contribution in [0.4, 0.5) is 11.6 Å². The van der Waals surface area contributed by atoms with Crippen molar-refractivity contribution in [2.45, 2.75) is 30.8 Å². The molecule has 4 N–H and O–H groups in total. The summed E-state index contributed by atoms with van der Waals surface area (Å²) in [6.07, 6.45) is 1.55. The Bertz CT molecular complexity index is 517. The Morgan fingerprint density at radius 3 is 2.56 bits per heavy atom. The van der Waals surface area contributed by atoms with Gasteiger partial charge in [0.1, 0.15) is 23.8 Å². The Morgan fingerprint density at radius 2 is 1.94 bits per heavy atom. The highest BCUT2D eigenvalue weighted by Gasteiger charge is 2.09. The fourth-order valence-electron chi connectivity index (χ4n) is 1.46. The first-order valence-electron chi connectivity index (χ1n) is 5.47. The van der Waals surface area contributed by atoms with Crippen LogP contribution in [0.5, 0.6) is 0 Å². The molecular weight excluding hydrogens is 250 g/mol. The van der Waals surface area contributed by atoms with Crippen LogP contribution in [0.15, 0.2) is 17.6 Å². The van der Waals surface area contributed by atoms with Crippen LogP contribution >= 0.6 is 11.8 Å². The van der Waals surface area contributed by atoms with Gasteiger partial charge in [0, 0.05) is 12.1 Å². The Labute approximate surface area is 109 Å². The molecule has 0 aromatic carbocycles. The molecule has 7 nitrogen and oxygen atoms in total. The van der Waals surface area contributed by atoms with E-state index in [0.29, 0.717) is 22.5 Å². The minimum atomic E-state index is 0.273. The smallest absolute Gasteiger partial charge is 0.191 e. The quantitative estimate of drug-likeness (QED) is 0.629. The highest BCUT2D eigenvalue weighted by atomic mass is 32.2. The zero-order valence-corrected chi connectivity index (χ0v) is 11.1. The number of nitrogens with two attached hydrogens (primary N) is 2. The molecule has 2 rings (SSSR count). The van der Waals surface area contributed by atoms with Gasteiger partial charge in [-0.1, -0.05) is 11.8 Å². The molecule has 0 aliphatic rings. The Hall–Kier alpha value is -1.83. The molecule has 0 aliphatic carbocycles. The average molecular weight is 265 g/mol. The number of nitrogen functional groups attached to an aromatic ring is 2. The van der Waals surface area contributed by atoms with E-state index in [1.165, 1.54) is 17.8 Å². The van der Waals surface area contributed by atoms with E-state index in [1.807, 2.05) is 4.68 Å². The van der Waals surface area contributed by atoms with Crippen molar-refractivity contribution in [3.05, 3.63) is 18.2 Å². The topological polar surface area (TPSA) is 109 Å².